The summed E-state index contributed by atoms with van der Waals surface area (Å²) in [5, 5.41) is 10.7. The fourth-order valence-corrected chi connectivity index (χ4v) is 2.32. The van der Waals surface area contributed by atoms with Crippen LogP contribution in [0.15, 0.2) is 36.4 Å². The minimum Gasteiger partial charge on any atom is -0.423 e. The topological polar surface area (TPSA) is 69.4 Å². The molecule has 0 aliphatic rings. The Kier molecular flexibility index (Phi) is 4.03. The van der Waals surface area contributed by atoms with Crippen molar-refractivity contribution in [3.63, 3.8) is 0 Å². The first-order valence-electron chi connectivity index (χ1n) is 6.43. The number of rotatable bonds is 3. The second-order valence-corrected chi connectivity index (χ2v) is 4.92. The molecule has 2 aromatic carbocycles. The van der Waals surface area contributed by atoms with E-state index < -0.39 is 10.9 Å². The van der Waals surface area contributed by atoms with Crippen molar-refractivity contribution in [2.24, 2.45) is 0 Å². The van der Waals surface area contributed by atoms with Crippen molar-refractivity contribution < 1.29 is 14.5 Å². The van der Waals surface area contributed by atoms with Crippen LogP contribution in [-0.4, -0.2) is 10.9 Å². The van der Waals surface area contributed by atoms with Crippen molar-refractivity contribution in [2.75, 3.05) is 0 Å². The Morgan fingerprint density at radius 2 is 1.71 bits per heavy atom. The molecule has 0 heterocycles. The third-order valence-corrected chi connectivity index (χ3v) is 3.12. The van der Waals surface area contributed by atoms with E-state index in [0.717, 1.165) is 16.7 Å². The lowest BCUT2D eigenvalue weighted by Gasteiger charge is -2.10. The van der Waals surface area contributed by atoms with E-state index in [1.54, 1.807) is 0 Å². The van der Waals surface area contributed by atoms with Gasteiger partial charge in [-0.2, -0.15) is 0 Å². The Hall–Kier alpha value is -2.69. The Labute approximate surface area is 122 Å². The Balaban J connectivity index is 2.30. The van der Waals surface area contributed by atoms with Gasteiger partial charge in [0, 0.05) is 6.07 Å². The number of carbonyl (C=O) groups excluding carboxylic acids is 1. The second kappa shape index (κ2) is 5.75. The summed E-state index contributed by atoms with van der Waals surface area (Å²) in [6.45, 7) is 5.63. The Morgan fingerprint density at radius 3 is 2.29 bits per heavy atom. The van der Waals surface area contributed by atoms with Gasteiger partial charge in [0.15, 0.2) is 0 Å². The third kappa shape index (κ3) is 3.25. The molecule has 0 bridgehead atoms. The molecule has 0 atom stereocenters. The summed E-state index contributed by atoms with van der Waals surface area (Å²) in [6, 6.07) is 9.38. The number of nitrogens with zero attached hydrogens (tertiary/aromatic N) is 1. The van der Waals surface area contributed by atoms with Crippen LogP contribution in [0.1, 0.15) is 27.0 Å². The summed E-state index contributed by atoms with van der Waals surface area (Å²) in [5.74, 6) is -0.348. The number of nitro groups is 1. The number of esters is 1. The smallest absolute Gasteiger partial charge is 0.344 e. The molecule has 2 aromatic rings. The average Bonchev–Trinajstić information content (AvgIpc) is 2.37. The summed E-state index contributed by atoms with van der Waals surface area (Å²) in [5.41, 5.74) is 3.09. The summed E-state index contributed by atoms with van der Waals surface area (Å²) < 4.78 is 5.25. The molecule has 2 rings (SSSR count). The van der Waals surface area contributed by atoms with Gasteiger partial charge in [0.1, 0.15) is 5.75 Å². The van der Waals surface area contributed by atoms with E-state index in [1.807, 2.05) is 32.9 Å². The molecule has 108 valence electrons. The Morgan fingerprint density at radius 1 is 1.10 bits per heavy atom. The number of aryl methyl sites for hydroxylation is 3. The molecule has 21 heavy (non-hydrogen) atoms. The predicted octanol–water partition coefficient (Wildman–Crippen LogP) is 3.74. The van der Waals surface area contributed by atoms with E-state index in [2.05, 4.69) is 0 Å². The molecule has 0 aromatic heterocycles. The zero-order chi connectivity index (χ0) is 15.6. The van der Waals surface area contributed by atoms with Crippen molar-refractivity contribution >= 4 is 11.7 Å². The molecule has 0 fully saturated rings. The number of nitro benzene ring substituents is 1. The van der Waals surface area contributed by atoms with Gasteiger partial charge in [-0.3, -0.25) is 10.1 Å². The minimum absolute atomic E-state index is 0.113. The van der Waals surface area contributed by atoms with Gasteiger partial charge in [0.25, 0.3) is 5.69 Å². The van der Waals surface area contributed by atoms with Gasteiger partial charge in [0.05, 0.1) is 16.6 Å². The summed E-state index contributed by atoms with van der Waals surface area (Å²) in [4.78, 5) is 22.4. The van der Waals surface area contributed by atoms with Gasteiger partial charge in [0.2, 0.25) is 0 Å². The highest BCUT2D eigenvalue weighted by Gasteiger charge is 2.16. The largest absolute Gasteiger partial charge is 0.423 e. The highest BCUT2D eigenvalue weighted by molar-refractivity contribution is 5.94. The average molecular weight is 285 g/mol. The molecule has 0 aliphatic heterocycles. The highest BCUT2D eigenvalue weighted by atomic mass is 16.6. The zero-order valence-corrected chi connectivity index (χ0v) is 12.0. The maximum Gasteiger partial charge on any atom is 0.344 e. The lowest BCUT2D eigenvalue weighted by atomic mass is 10.00. The summed E-state index contributed by atoms with van der Waals surface area (Å²) in [6.07, 6.45) is 0. The van der Waals surface area contributed by atoms with Crippen LogP contribution in [0.4, 0.5) is 5.69 Å². The molecule has 0 aliphatic carbocycles. The van der Waals surface area contributed by atoms with E-state index in [1.165, 1.54) is 24.3 Å². The third-order valence-electron chi connectivity index (χ3n) is 3.12. The normalized spacial score (nSPS) is 10.2. The van der Waals surface area contributed by atoms with E-state index in [9.17, 15) is 14.9 Å². The van der Waals surface area contributed by atoms with E-state index >= 15 is 0 Å². The van der Waals surface area contributed by atoms with Crippen LogP contribution in [0.25, 0.3) is 0 Å². The fraction of sp³-hybridized carbons (Fsp3) is 0.188. The standard InChI is InChI=1S/C16H15NO4/c1-10-7-11(2)15(12(3)8-10)16(18)21-14-6-4-5-13(9-14)17(19)20/h4-9H,1-3H3. The van der Waals surface area contributed by atoms with Crippen LogP contribution in [-0.2, 0) is 0 Å². The first-order valence-corrected chi connectivity index (χ1v) is 6.43. The van der Waals surface area contributed by atoms with Gasteiger partial charge in [-0.25, -0.2) is 4.79 Å². The van der Waals surface area contributed by atoms with Gasteiger partial charge >= 0.3 is 5.97 Å². The molecule has 0 radical (unpaired) electrons. The lowest BCUT2D eigenvalue weighted by Crippen LogP contribution is -2.12. The van der Waals surface area contributed by atoms with Gasteiger partial charge in [-0.05, 0) is 38.0 Å². The maximum atomic E-state index is 12.3. The van der Waals surface area contributed by atoms with Crippen molar-refractivity contribution in [1.29, 1.82) is 0 Å². The summed E-state index contributed by atoms with van der Waals surface area (Å²) in [7, 11) is 0. The van der Waals surface area contributed by atoms with Crippen LogP contribution in [0.5, 0.6) is 5.75 Å². The van der Waals surface area contributed by atoms with Gasteiger partial charge < -0.3 is 4.74 Å². The fourth-order valence-electron chi connectivity index (χ4n) is 2.32. The van der Waals surface area contributed by atoms with Crippen LogP contribution in [0.3, 0.4) is 0 Å². The molecular weight excluding hydrogens is 270 g/mol. The lowest BCUT2D eigenvalue weighted by molar-refractivity contribution is -0.384. The number of benzene rings is 2. The SMILES string of the molecule is Cc1cc(C)c(C(=O)Oc2cccc([N+](=O)[O-])c2)c(C)c1. The molecule has 0 N–H and O–H groups in total. The molecule has 0 amide bonds. The number of non-ortho nitro benzene ring substituents is 1. The quantitative estimate of drug-likeness (QED) is 0.373. The summed E-state index contributed by atoms with van der Waals surface area (Å²) >= 11 is 0. The Bertz CT molecular complexity index is 699. The molecule has 0 unspecified atom stereocenters. The molecular formula is C16H15NO4. The van der Waals surface area contributed by atoms with Crippen LogP contribution in [0, 0.1) is 30.9 Å². The van der Waals surface area contributed by atoms with Crippen molar-refractivity contribution in [2.45, 2.75) is 20.8 Å². The molecule has 5 heteroatoms. The van der Waals surface area contributed by atoms with Crippen LogP contribution in [0.2, 0.25) is 0 Å². The number of ether oxygens (including phenoxy) is 1. The van der Waals surface area contributed by atoms with E-state index in [0.29, 0.717) is 5.56 Å². The first kappa shape index (κ1) is 14.7. The molecule has 0 saturated carbocycles. The highest BCUT2D eigenvalue weighted by Crippen LogP contribution is 2.22. The van der Waals surface area contributed by atoms with E-state index in [-0.39, 0.29) is 11.4 Å². The number of hydrogen-bond acceptors (Lipinski definition) is 4. The molecule has 0 saturated heterocycles. The monoisotopic (exact) mass is 285 g/mol. The van der Waals surface area contributed by atoms with Crippen molar-refractivity contribution in [3.8, 4) is 5.75 Å². The number of carbonyl (C=O) groups is 1. The van der Waals surface area contributed by atoms with E-state index in [4.69, 9.17) is 4.74 Å². The second-order valence-electron chi connectivity index (χ2n) is 4.92. The maximum absolute atomic E-state index is 12.3. The van der Waals surface area contributed by atoms with Gasteiger partial charge in [-0.15, -0.1) is 0 Å². The minimum atomic E-state index is -0.528. The van der Waals surface area contributed by atoms with Crippen LogP contribution < -0.4 is 4.74 Å². The number of hydrogen-bond donors (Lipinski definition) is 0. The molecule has 0 spiro atoms. The van der Waals surface area contributed by atoms with Crippen LogP contribution >= 0.6 is 0 Å². The zero-order valence-electron chi connectivity index (χ0n) is 12.0. The van der Waals surface area contributed by atoms with Gasteiger partial charge in [-0.1, -0.05) is 23.8 Å². The molecule has 5 nitrogen and oxygen atoms in total. The predicted molar refractivity (Wildman–Crippen MR) is 78.7 cm³/mol. The van der Waals surface area contributed by atoms with Crippen molar-refractivity contribution in [3.05, 3.63) is 68.8 Å². The van der Waals surface area contributed by atoms with Crippen molar-refractivity contribution in [1.82, 2.24) is 0 Å². The first-order chi connectivity index (χ1) is 9.88.